The zero-order valence-corrected chi connectivity index (χ0v) is 18.5. The molecule has 30 heavy (non-hydrogen) atoms. The molecule has 5 aliphatic rings. The molecule has 4 heterocycles. The summed E-state index contributed by atoms with van der Waals surface area (Å²) in [6, 6.07) is 1.02. The molecule has 6 rings (SSSR count). The van der Waals surface area contributed by atoms with Crippen molar-refractivity contribution in [1.29, 1.82) is 0 Å². The van der Waals surface area contributed by atoms with E-state index in [2.05, 4.69) is 26.5 Å². The molecule has 0 aromatic carbocycles. The third kappa shape index (κ3) is 4.74. The van der Waals surface area contributed by atoms with Gasteiger partial charge >= 0.3 is 0 Å². The SMILES string of the molecule is O=C(NC1CCCCC1)[C@H]1C[NH+]2CC[C@@H]1C[C@@H]2Cn1cc(CC2CCCCC2)nn1. The Labute approximate surface area is 181 Å². The Morgan fingerprint density at radius 1 is 1.07 bits per heavy atom. The van der Waals surface area contributed by atoms with Crippen LogP contribution >= 0.6 is 0 Å². The predicted octanol–water partition coefficient (Wildman–Crippen LogP) is 2.14. The van der Waals surface area contributed by atoms with Crippen molar-refractivity contribution in [3.63, 3.8) is 0 Å². The standard InChI is InChI=1S/C24H39N5O/c30-24(25-20-9-5-2-6-10-20)23-17-28-12-11-19(23)14-22(28)16-29-15-21(26-27-29)13-18-7-3-1-4-8-18/h15,18-20,22-23H,1-14,16-17H2,(H,25,30)/p+1/t19-,22-,23+/m1/s1. The van der Waals surface area contributed by atoms with Gasteiger partial charge in [-0.1, -0.05) is 56.6 Å². The van der Waals surface area contributed by atoms with Gasteiger partial charge in [-0.3, -0.25) is 4.79 Å². The predicted molar refractivity (Wildman–Crippen MR) is 116 cm³/mol. The second-order valence-corrected chi connectivity index (χ2v) is 10.7. The minimum Gasteiger partial charge on any atom is -0.353 e. The first kappa shape index (κ1) is 20.5. The Hall–Kier alpha value is -1.43. The fraction of sp³-hybridized carbons (Fsp3) is 0.875. The zero-order valence-electron chi connectivity index (χ0n) is 18.5. The number of piperidine rings is 3. The van der Waals surface area contributed by atoms with Crippen molar-refractivity contribution in [3.8, 4) is 0 Å². The van der Waals surface area contributed by atoms with Gasteiger partial charge in [0, 0.05) is 25.1 Å². The van der Waals surface area contributed by atoms with E-state index in [1.807, 2.05) is 0 Å². The lowest BCUT2D eigenvalue weighted by Crippen LogP contribution is -3.20. The normalized spacial score (nSPS) is 32.9. The van der Waals surface area contributed by atoms with Crippen molar-refractivity contribution in [2.75, 3.05) is 13.1 Å². The maximum absolute atomic E-state index is 13.0. The van der Waals surface area contributed by atoms with Gasteiger partial charge in [0.05, 0.1) is 31.2 Å². The molecule has 1 aromatic rings. The van der Waals surface area contributed by atoms with Crippen LogP contribution in [-0.2, 0) is 17.8 Å². The summed E-state index contributed by atoms with van der Waals surface area (Å²) in [6.07, 6.45) is 18.8. The van der Waals surface area contributed by atoms with E-state index in [4.69, 9.17) is 0 Å². The largest absolute Gasteiger partial charge is 0.353 e. The van der Waals surface area contributed by atoms with Crippen molar-refractivity contribution >= 4 is 5.91 Å². The summed E-state index contributed by atoms with van der Waals surface area (Å²) in [6.45, 7) is 3.18. The lowest BCUT2D eigenvalue weighted by molar-refractivity contribution is -0.945. The van der Waals surface area contributed by atoms with Crippen LogP contribution in [0, 0.1) is 17.8 Å². The highest BCUT2D eigenvalue weighted by Gasteiger charge is 2.46. The number of quaternary nitrogens is 1. The maximum Gasteiger partial charge on any atom is 0.229 e. The molecule has 3 aliphatic heterocycles. The Bertz CT molecular complexity index is 706. The van der Waals surface area contributed by atoms with E-state index in [0.29, 0.717) is 23.9 Å². The Morgan fingerprint density at radius 2 is 1.83 bits per heavy atom. The van der Waals surface area contributed by atoms with Gasteiger partial charge in [0.15, 0.2) is 0 Å². The summed E-state index contributed by atoms with van der Waals surface area (Å²) in [5, 5.41) is 12.4. The number of rotatable bonds is 6. The minimum atomic E-state index is 0.226. The van der Waals surface area contributed by atoms with Crippen molar-refractivity contribution in [3.05, 3.63) is 11.9 Å². The summed E-state index contributed by atoms with van der Waals surface area (Å²) < 4.78 is 2.09. The summed E-state index contributed by atoms with van der Waals surface area (Å²) in [5.74, 6) is 1.94. The van der Waals surface area contributed by atoms with E-state index in [9.17, 15) is 4.79 Å². The first-order valence-corrected chi connectivity index (χ1v) is 12.8. The van der Waals surface area contributed by atoms with Gasteiger partial charge in [0.1, 0.15) is 6.04 Å². The topological polar surface area (TPSA) is 64.2 Å². The van der Waals surface area contributed by atoms with Gasteiger partial charge in [0.25, 0.3) is 0 Å². The molecular formula is C24H40N5O+. The molecule has 2 N–H and O–H groups in total. The number of aromatic nitrogens is 3. The Kier molecular flexibility index (Phi) is 6.40. The quantitative estimate of drug-likeness (QED) is 0.750. The fourth-order valence-corrected chi connectivity index (χ4v) is 6.81. The van der Waals surface area contributed by atoms with Crippen LogP contribution < -0.4 is 10.2 Å². The highest BCUT2D eigenvalue weighted by Crippen LogP contribution is 2.29. The molecule has 1 amide bonds. The van der Waals surface area contributed by atoms with Crippen LogP contribution in [0.5, 0.6) is 0 Å². The van der Waals surface area contributed by atoms with Gasteiger partial charge in [-0.15, -0.1) is 5.10 Å². The van der Waals surface area contributed by atoms with Crippen LogP contribution in [-0.4, -0.2) is 46.1 Å². The van der Waals surface area contributed by atoms with Crippen molar-refractivity contribution in [2.24, 2.45) is 17.8 Å². The van der Waals surface area contributed by atoms with E-state index >= 15 is 0 Å². The molecule has 4 atom stereocenters. The molecule has 6 nitrogen and oxygen atoms in total. The third-order valence-corrected chi connectivity index (χ3v) is 8.56. The van der Waals surface area contributed by atoms with Crippen molar-refractivity contribution in [2.45, 2.75) is 102 Å². The molecule has 2 saturated carbocycles. The van der Waals surface area contributed by atoms with E-state index < -0.39 is 0 Å². The molecule has 0 spiro atoms. The molecule has 3 saturated heterocycles. The van der Waals surface area contributed by atoms with Gasteiger partial charge in [-0.05, 0) is 31.1 Å². The van der Waals surface area contributed by atoms with Crippen LogP contribution in [0.1, 0.15) is 82.7 Å². The highest BCUT2D eigenvalue weighted by atomic mass is 16.2. The molecule has 2 bridgehead atoms. The fourth-order valence-electron chi connectivity index (χ4n) is 6.81. The van der Waals surface area contributed by atoms with E-state index in [1.54, 1.807) is 4.90 Å². The Morgan fingerprint density at radius 3 is 2.57 bits per heavy atom. The molecule has 166 valence electrons. The van der Waals surface area contributed by atoms with Crippen LogP contribution in [0.4, 0.5) is 0 Å². The monoisotopic (exact) mass is 414 g/mol. The molecule has 2 aliphatic carbocycles. The molecule has 1 unspecified atom stereocenters. The van der Waals surface area contributed by atoms with Crippen LogP contribution in [0.15, 0.2) is 6.20 Å². The minimum absolute atomic E-state index is 0.226. The maximum atomic E-state index is 13.0. The lowest BCUT2D eigenvalue weighted by atomic mass is 9.75. The van der Waals surface area contributed by atoms with Crippen LogP contribution in [0.2, 0.25) is 0 Å². The number of carbonyl (C=O) groups excluding carboxylic acids is 1. The summed E-state index contributed by atoms with van der Waals surface area (Å²) in [4.78, 5) is 14.6. The number of hydrogen-bond acceptors (Lipinski definition) is 3. The first-order valence-electron chi connectivity index (χ1n) is 12.8. The van der Waals surface area contributed by atoms with Gasteiger partial charge < -0.3 is 10.2 Å². The molecule has 6 heteroatoms. The van der Waals surface area contributed by atoms with Crippen LogP contribution in [0.3, 0.4) is 0 Å². The average Bonchev–Trinajstić information content (AvgIpc) is 3.22. The van der Waals surface area contributed by atoms with E-state index in [1.165, 1.54) is 82.9 Å². The van der Waals surface area contributed by atoms with E-state index in [0.717, 1.165) is 31.8 Å². The number of fused-ring (bicyclic) bond motifs is 3. The van der Waals surface area contributed by atoms with Gasteiger partial charge in [0.2, 0.25) is 5.91 Å². The molecular weight excluding hydrogens is 374 g/mol. The number of amides is 1. The lowest BCUT2D eigenvalue weighted by Gasteiger charge is -2.46. The smallest absolute Gasteiger partial charge is 0.229 e. The summed E-state index contributed by atoms with van der Waals surface area (Å²) in [5.41, 5.74) is 1.18. The zero-order chi connectivity index (χ0) is 20.3. The molecule has 1 aromatic heterocycles. The van der Waals surface area contributed by atoms with Gasteiger partial charge in [-0.25, -0.2) is 4.68 Å². The summed E-state index contributed by atoms with van der Waals surface area (Å²) in [7, 11) is 0. The number of nitrogens with one attached hydrogen (secondary N) is 2. The second-order valence-electron chi connectivity index (χ2n) is 10.7. The molecule has 5 fully saturated rings. The number of hydrogen-bond donors (Lipinski definition) is 2. The van der Waals surface area contributed by atoms with Crippen molar-refractivity contribution < 1.29 is 9.69 Å². The van der Waals surface area contributed by atoms with Crippen molar-refractivity contribution in [1.82, 2.24) is 20.3 Å². The molecule has 0 radical (unpaired) electrons. The number of nitrogens with zero attached hydrogens (tertiary/aromatic N) is 3. The average molecular weight is 415 g/mol. The van der Waals surface area contributed by atoms with Crippen LogP contribution in [0.25, 0.3) is 0 Å². The third-order valence-electron chi connectivity index (χ3n) is 8.56. The Balaban J connectivity index is 1.13. The first-order chi connectivity index (χ1) is 14.7. The second kappa shape index (κ2) is 9.37. The summed E-state index contributed by atoms with van der Waals surface area (Å²) >= 11 is 0. The van der Waals surface area contributed by atoms with Gasteiger partial charge in [-0.2, -0.15) is 0 Å². The highest BCUT2D eigenvalue weighted by molar-refractivity contribution is 5.79. The number of carbonyl (C=O) groups is 1. The van der Waals surface area contributed by atoms with E-state index in [-0.39, 0.29) is 5.92 Å².